The highest BCUT2D eigenvalue weighted by molar-refractivity contribution is 5.97. The molecule has 1 atom stereocenters. The lowest BCUT2D eigenvalue weighted by molar-refractivity contribution is -0.385. The van der Waals surface area contributed by atoms with Gasteiger partial charge < -0.3 is 16.0 Å². The van der Waals surface area contributed by atoms with Crippen LogP contribution in [0.1, 0.15) is 25.0 Å². The SMILES string of the molecule is Cc1ccc(NC(=O)C(NC(=O)NCc2ccccc2)C(C)C)cc1[N+](=O)[O-]. The zero-order valence-electron chi connectivity index (χ0n) is 16.1. The van der Waals surface area contributed by atoms with Gasteiger partial charge in [0, 0.05) is 23.9 Å². The number of nitrogens with zero attached hydrogens (tertiary/aromatic N) is 1. The van der Waals surface area contributed by atoms with E-state index in [4.69, 9.17) is 0 Å². The number of nitro benzene ring substituents is 1. The van der Waals surface area contributed by atoms with Crippen LogP contribution in [0.3, 0.4) is 0 Å². The van der Waals surface area contributed by atoms with Gasteiger partial charge in [0.1, 0.15) is 6.04 Å². The van der Waals surface area contributed by atoms with Gasteiger partial charge in [-0.05, 0) is 24.5 Å². The van der Waals surface area contributed by atoms with Crippen LogP contribution in [0.5, 0.6) is 0 Å². The smallest absolute Gasteiger partial charge is 0.315 e. The lowest BCUT2D eigenvalue weighted by Crippen LogP contribution is -2.50. The van der Waals surface area contributed by atoms with E-state index in [9.17, 15) is 19.7 Å². The van der Waals surface area contributed by atoms with Gasteiger partial charge in [0.15, 0.2) is 0 Å². The van der Waals surface area contributed by atoms with Crippen molar-refractivity contribution in [2.75, 3.05) is 5.32 Å². The molecule has 0 bridgehead atoms. The topological polar surface area (TPSA) is 113 Å². The number of hydrogen-bond acceptors (Lipinski definition) is 4. The normalized spacial score (nSPS) is 11.6. The Morgan fingerprint density at radius 2 is 1.79 bits per heavy atom. The number of nitro groups is 1. The fourth-order valence-electron chi connectivity index (χ4n) is 2.61. The molecule has 2 aromatic carbocycles. The average Bonchev–Trinajstić information content (AvgIpc) is 2.66. The van der Waals surface area contributed by atoms with Crippen LogP contribution in [0.15, 0.2) is 48.5 Å². The Hall–Kier alpha value is -3.42. The molecule has 2 rings (SSSR count). The second-order valence-electron chi connectivity index (χ2n) is 6.78. The van der Waals surface area contributed by atoms with E-state index in [0.717, 1.165) is 5.56 Å². The lowest BCUT2D eigenvalue weighted by atomic mass is 10.0. The molecule has 8 nitrogen and oxygen atoms in total. The molecule has 8 heteroatoms. The number of hydrogen-bond donors (Lipinski definition) is 3. The Labute approximate surface area is 163 Å². The first kappa shape index (κ1) is 20.9. The van der Waals surface area contributed by atoms with E-state index in [1.165, 1.54) is 6.07 Å². The summed E-state index contributed by atoms with van der Waals surface area (Å²) in [4.78, 5) is 35.4. The van der Waals surface area contributed by atoms with E-state index in [2.05, 4.69) is 16.0 Å². The summed E-state index contributed by atoms with van der Waals surface area (Å²) in [6.07, 6.45) is 0. The molecule has 0 saturated carbocycles. The van der Waals surface area contributed by atoms with Crippen LogP contribution in [-0.4, -0.2) is 22.9 Å². The number of carbonyl (C=O) groups is 2. The van der Waals surface area contributed by atoms with Gasteiger partial charge in [0.05, 0.1) is 4.92 Å². The van der Waals surface area contributed by atoms with Gasteiger partial charge in [-0.2, -0.15) is 0 Å². The molecule has 0 aliphatic rings. The van der Waals surface area contributed by atoms with Crippen molar-refractivity contribution in [2.24, 2.45) is 5.92 Å². The molecular formula is C20H24N4O4. The third-order valence-electron chi connectivity index (χ3n) is 4.20. The Bertz CT molecular complexity index is 853. The van der Waals surface area contributed by atoms with Gasteiger partial charge >= 0.3 is 6.03 Å². The van der Waals surface area contributed by atoms with Crippen LogP contribution in [0.25, 0.3) is 0 Å². The monoisotopic (exact) mass is 384 g/mol. The van der Waals surface area contributed by atoms with E-state index >= 15 is 0 Å². The summed E-state index contributed by atoms with van der Waals surface area (Å²) >= 11 is 0. The maximum atomic E-state index is 12.6. The molecule has 0 aliphatic carbocycles. The van der Waals surface area contributed by atoms with Crippen molar-refractivity contribution in [1.29, 1.82) is 0 Å². The molecule has 1 unspecified atom stereocenters. The molecule has 0 saturated heterocycles. The van der Waals surface area contributed by atoms with E-state index in [1.54, 1.807) is 32.9 Å². The largest absolute Gasteiger partial charge is 0.334 e. The van der Waals surface area contributed by atoms with Crippen molar-refractivity contribution in [3.05, 3.63) is 69.8 Å². The van der Waals surface area contributed by atoms with Gasteiger partial charge in [-0.25, -0.2) is 4.79 Å². The molecule has 28 heavy (non-hydrogen) atoms. The molecule has 0 aromatic heterocycles. The van der Waals surface area contributed by atoms with E-state index in [0.29, 0.717) is 17.8 Å². The first-order chi connectivity index (χ1) is 13.3. The number of nitrogens with one attached hydrogen (secondary N) is 3. The second-order valence-corrected chi connectivity index (χ2v) is 6.78. The molecule has 148 valence electrons. The zero-order valence-corrected chi connectivity index (χ0v) is 16.1. The minimum absolute atomic E-state index is 0.0764. The highest BCUT2D eigenvalue weighted by Gasteiger charge is 2.25. The summed E-state index contributed by atoms with van der Waals surface area (Å²) in [5.41, 5.74) is 1.67. The highest BCUT2D eigenvalue weighted by Crippen LogP contribution is 2.22. The van der Waals surface area contributed by atoms with Crippen LogP contribution in [0, 0.1) is 23.0 Å². The fourth-order valence-corrected chi connectivity index (χ4v) is 2.61. The second kappa shape index (κ2) is 9.50. The van der Waals surface area contributed by atoms with Gasteiger partial charge in [0.2, 0.25) is 5.91 Å². The number of anilines is 1. The van der Waals surface area contributed by atoms with Gasteiger partial charge in [0.25, 0.3) is 5.69 Å². The van der Waals surface area contributed by atoms with Gasteiger partial charge in [-0.1, -0.05) is 50.2 Å². The van der Waals surface area contributed by atoms with E-state index in [1.807, 2.05) is 30.3 Å². The van der Waals surface area contributed by atoms with Crippen molar-refractivity contribution >= 4 is 23.3 Å². The summed E-state index contributed by atoms with van der Waals surface area (Å²) in [6.45, 7) is 5.57. The quantitative estimate of drug-likeness (QED) is 0.502. The molecule has 3 N–H and O–H groups in total. The fraction of sp³-hybridized carbons (Fsp3) is 0.300. The predicted octanol–water partition coefficient (Wildman–Crippen LogP) is 3.37. The van der Waals surface area contributed by atoms with Crippen molar-refractivity contribution < 1.29 is 14.5 Å². The molecule has 0 spiro atoms. The van der Waals surface area contributed by atoms with Gasteiger partial charge in [-0.3, -0.25) is 14.9 Å². The Balaban J connectivity index is 2.00. The summed E-state index contributed by atoms with van der Waals surface area (Å²) in [5, 5.41) is 19.1. The minimum atomic E-state index is -0.795. The van der Waals surface area contributed by atoms with E-state index in [-0.39, 0.29) is 11.6 Å². The molecule has 0 radical (unpaired) electrons. The van der Waals surface area contributed by atoms with Crippen molar-refractivity contribution in [1.82, 2.24) is 10.6 Å². The maximum absolute atomic E-state index is 12.6. The molecular weight excluding hydrogens is 360 g/mol. The zero-order chi connectivity index (χ0) is 20.7. The summed E-state index contributed by atoms with van der Waals surface area (Å²) in [6, 6.07) is 12.6. The highest BCUT2D eigenvalue weighted by atomic mass is 16.6. The number of carbonyl (C=O) groups excluding carboxylic acids is 2. The van der Waals surface area contributed by atoms with Crippen LogP contribution in [-0.2, 0) is 11.3 Å². The minimum Gasteiger partial charge on any atom is -0.334 e. The maximum Gasteiger partial charge on any atom is 0.315 e. The number of rotatable bonds is 7. The van der Waals surface area contributed by atoms with Crippen LogP contribution >= 0.6 is 0 Å². The Morgan fingerprint density at radius 3 is 2.39 bits per heavy atom. The summed E-state index contributed by atoms with van der Waals surface area (Å²) < 4.78 is 0. The Morgan fingerprint density at radius 1 is 1.11 bits per heavy atom. The predicted molar refractivity (Wildman–Crippen MR) is 107 cm³/mol. The van der Waals surface area contributed by atoms with Crippen molar-refractivity contribution in [2.45, 2.75) is 33.4 Å². The van der Waals surface area contributed by atoms with Gasteiger partial charge in [-0.15, -0.1) is 0 Å². The third kappa shape index (κ3) is 5.80. The summed E-state index contributed by atoms with van der Waals surface area (Å²) in [5.74, 6) is -0.620. The molecule has 0 fully saturated rings. The average molecular weight is 384 g/mol. The number of benzene rings is 2. The van der Waals surface area contributed by atoms with Crippen LogP contribution in [0.4, 0.5) is 16.2 Å². The van der Waals surface area contributed by atoms with Crippen LogP contribution in [0.2, 0.25) is 0 Å². The van der Waals surface area contributed by atoms with Crippen LogP contribution < -0.4 is 16.0 Å². The first-order valence-corrected chi connectivity index (χ1v) is 8.92. The number of urea groups is 1. The van der Waals surface area contributed by atoms with E-state index < -0.39 is 22.9 Å². The van der Waals surface area contributed by atoms with Crippen molar-refractivity contribution in [3.63, 3.8) is 0 Å². The summed E-state index contributed by atoms with van der Waals surface area (Å²) in [7, 11) is 0. The lowest BCUT2D eigenvalue weighted by Gasteiger charge is -2.22. The number of aryl methyl sites for hydroxylation is 1. The van der Waals surface area contributed by atoms with Crippen molar-refractivity contribution in [3.8, 4) is 0 Å². The molecule has 0 aliphatic heterocycles. The Kier molecular flexibility index (Phi) is 7.08. The molecule has 3 amide bonds. The third-order valence-corrected chi connectivity index (χ3v) is 4.20. The number of amides is 3. The standard InChI is InChI=1S/C20H24N4O4/c1-13(2)18(23-20(26)21-12-15-7-5-4-6-8-15)19(25)22-16-10-9-14(3)17(11-16)24(27)28/h4-11,13,18H,12H2,1-3H3,(H,22,25)(H2,21,23,26). The molecule has 0 heterocycles. The molecule has 2 aromatic rings. The first-order valence-electron chi connectivity index (χ1n) is 8.92.